The second-order valence-corrected chi connectivity index (χ2v) is 6.38. The fourth-order valence-corrected chi connectivity index (χ4v) is 2.89. The summed E-state index contributed by atoms with van der Waals surface area (Å²) in [6.45, 7) is 0. The van der Waals surface area contributed by atoms with E-state index in [2.05, 4.69) is 10.6 Å². The van der Waals surface area contributed by atoms with E-state index in [1.54, 1.807) is 0 Å². The van der Waals surface area contributed by atoms with E-state index in [0.29, 0.717) is 0 Å². The Kier molecular flexibility index (Phi) is 5.39. The van der Waals surface area contributed by atoms with E-state index in [1.807, 2.05) is 60.7 Å². The average molecular weight is 380 g/mol. The maximum absolute atomic E-state index is 11.6. The van der Waals surface area contributed by atoms with Crippen LogP contribution in [0.4, 0.5) is 9.59 Å². The number of hydrogen-bond donors (Lipinski definition) is 2. The number of nitrogens with zero attached hydrogens (tertiary/aromatic N) is 2. The van der Waals surface area contributed by atoms with Crippen LogP contribution in [-0.2, 0) is 9.59 Å². The average Bonchev–Trinajstić information content (AvgIpc) is 3.14. The second-order valence-electron chi connectivity index (χ2n) is 6.38. The molecule has 0 saturated carbocycles. The zero-order valence-corrected chi connectivity index (χ0v) is 15.5. The molecule has 2 N–H and O–H groups in total. The smallest absolute Gasteiger partial charge is 0.322 e. The van der Waals surface area contributed by atoms with E-state index in [1.165, 1.54) is 14.1 Å². The topological polar surface area (TPSA) is 98.8 Å². The molecule has 144 valence electrons. The Morgan fingerprint density at radius 3 is 1.18 bits per heavy atom. The molecule has 0 bridgehead atoms. The van der Waals surface area contributed by atoms with E-state index in [9.17, 15) is 19.2 Å². The standard InChI is InChI=1S/2C10H10N2O2/c2*1-12-9(13)8(11-10(12)14)7-5-3-2-4-6-7/h2*2-6,8H,1H3,(H,11,14). The number of carbonyl (C=O) groups is 4. The summed E-state index contributed by atoms with van der Waals surface area (Å²) in [5.74, 6) is -0.414. The summed E-state index contributed by atoms with van der Waals surface area (Å²) in [6.07, 6.45) is 0. The van der Waals surface area contributed by atoms with E-state index in [-0.39, 0.29) is 23.9 Å². The van der Waals surface area contributed by atoms with Crippen molar-refractivity contribution in [1.82, 2.24) is 20.4 Å². The van der Waals surface area contributed by atoms with Crippen LogP contribution in [0.2, 0.25) is 0 Å². The largest absolute Gasteiger partial charge is 0.324 e. The quantitative estimate of drug-likeness (QED) is 0.777. The number of carbonyl (C=O) groups excluding carboxylic acids is 4. The maximum atomic E-state index is 11.6. The van der Waals surface area contributed by atoms with Crippen molar-refractivity contribution in [3.8, 4) is 0 Å². The fourth-order valence-electron chi connectivity index (χ4n) is 2.89. The fraction of sp³-hybridized carbons (Fsp3) is 0.200. The van der Waals surface area contributed by atoms with Crippen LogP contribution in [0.5, 0.6) is 0 Å². The number of imide groups is 2. The van der Waals surface area contributed by atoms with E-state index in [0.717, 1.165) is 20.9 Å². The van der Waals surface area contributed by atoms with Crippen LogP contribution < -0.4 is 10.6 Å². The second kappa shape index (κ2) is 7.91. The van der Waals surface area contributed by atoms with Gasteiger partial charge in [0.2, 0.25) is 0 Å². The van der Waals surface area contributed by atoms with E-state index < -0.39 is 12.1 Å². The molecule has 28 heavy (non-hydrogen) atoms. The van der Waals surface area contributed by atoms with Gasteiger partial charge in [-0.15, -0.1) is 0 Å². The summed E-state index contributed by atoms with van der Waals surface area (Å²) >= 11 is 0. The van der Waals surface area contributed by atoms with E-state index in [4.69, 9.17) is 0 Å². The van der Waals surface area contributed by atoms with Crippen LogP contribution in [0.15, 0.2) is 60.7 Å². The van der Waals surface area contributed by atoms with Crippen molar-refractivity contribution in [1.29, 1.82) is 0 Å². The van der Waals surface area contributed by atoms with Gasteiger partial charge in [0.05, 0.1) is 0 Å². The number of hydrogen-bond acceptors (Lipinski definition) is 4. The predicted octanol–water partition coefficient (Wildman–Crippen LogP) is 1.82. The molecule has 2 aliphatic rings. The summed E-state index contributed by atoms with van der Waals surface area (Å²) in [5, 5.41) is 5.21. The van der Waals surface area contributed by atoms with Gasteiger partial charge in [-0.1, -0.05) is 60.7 Å². The molecule has 2 unspecified atom stereocenters. The lowest BCUT2D eigenvalue weighted by Crippen LogP contribution is -2.25. The number of rotatable bonds is 2. The number of nitrogens with one attached hydrogen (secondary N) is 2. The molecule has 2 saturated heterocycles. The molecule has 2 aromatic rings. The Bertz CT molecular complexity index is 825. The van der Waals surface area contributed by atoms with Crippen molar-refractivity contribution in [2.75, 3.05) is 14.1 Å². The molecule has 2 aliphatic heterocycles. The molecule has 6 amide bonds. The van der Waals surface area contributed by atoms with Gasteiger partial charge in [-0.2, -0.15) is 0 Å². The molecule has 0 spiro atoms. The molecular weight excluding hydrogens is 360 g/mol. The van der Waals surface area contributed by atoms with E-state index >= 15 is 0 Å². The summed E-state index contributed by atoms with van der Waals surface area (Å²) in [6, 6.07) is 16.7. The highest BCUT2D eigenvalue weighted by Gasteiger charge is 2.36. The van der Waals surface area contributed by atoms with Crippen LogP contribution in [0.25, 0.3) is 0 Å². The Balaban J connectivity index is 0.000000161. The van der Waals surface area contributed by atoms with Crippen molar-refractivity contribution in [3.05, 3.63) is 71.8 Å². The Morgan fingerprint density at radius 1 is 0.607 bits per heavy atom. The molecule has 2 aromatic carbocycles. The van der Waals surface area contributed by atoms with Crippen LogP contribution in [0, 0.1) is 0 Å². The van der Waals surface area contributed by atoms with Gasteiger partial charge in [0.15, 0.2) is 0 Å². The molecule has 0 aliphatic carbocycles. The third-order valence-corrected chi connectivity index (χ3v) is 4.57. The predicted molar refractivity (Wildman–Crippen MR) is 101 cm³/mol. The van der Waals surface area contributed by atoms with Crippen LogP contribution in [-0.4, -0.2) is 47.8 Å². The van der Waals surface area contributed by atoms with Crippen molar-refractivity contribution in [2.45, 2.75) is 12.1 Å². The monoisotopic (exact) mass is 380 g/mol. The first kappa shape index (κ1) is 19.1. The molecule has 8 nitrogen and oxygen atoms in total. The zero-order valence-electron chi connectivity index (χ0n) is 15.5. The first-order chi connectivity index (χ1) is 13.4. The number of urea groups is 2. The lowest BCUT2D eigenvalue weighted by atomic mass is 10.1. The summed E-state index contributed by atoms with van der Waals surface area (Å²) < 4.78 is 0. The molecule has 0 aromatic heterocycles. The molecule has 2 atom stereocenters. The van der Waals surface area contributed by atoms with Gasteiger partial charge in [-0.05, 0) is 11.1 Å². The SMILES string of the molecule is CN1C(=O)NC(c2ccccc2)C1=O.CN1C(=O)NC(c2ccccc2)C1=O. The first-order valence-corrected chi connectivity index (χ1v) is 8.66. The zero-order chi connectivity index (χ0) is 20.3. The lowest BCUT2D eigenvalue weighted by molar-refractivity contribution is -0.127. The van der Waals surface area contributed by atoms with Crippen molar-refractivity contribution in [3.63, 3.8) is 0 Å². The number of amides is 6. The number of benzene rings is 2. The summed E-state index contributed by atoms with van der Waals surface area (Å²) in [4.78, 5) is 47.6. The molecule has 8 heteroatoms. The number of likely N-dealkylation sites (N-methyl/N-ethyl adjacent to an activating group) is 2. The van der Waals surface area contributed by atoms with Crippen molar-refractivity contribution in [2.24, 2.45) is 0 Å². The minimum atomic E-state index is -0.520. The van der Waals surface area contributed by atoms with Gasteiger partial charge in [-0.25, -0.2) is 9.59 Å². The van der Waals surface area contributed by atoms with Gasteiger partial charge in [0.25, 0.3) is 11.8 Å². The molecule has 0 radical (unpaired) electrons. The van der Waals surface area contributed by atoms with Gasteiger partial charge in [0, 0.05) is 14.1 Å². The van der Waals surface area contributed by atoms with Crippen LogP contribution in [0.1, 0.15) is 23.2 Å². The summed E-state index contributed by atoms with van der Waals surface area (Å²) in [5.41, 5.74) is 1.63. The maximum Gasteiger partial charge on any atom is 0.324 e. The van der Waals surface area contributed by atoms with Crippen molar-refractivity contribution < 1.29 is 19.2 Å². The normalized spacial score (nSPS) is 21.2. The minimum Gasteiger partial charge on any atom is -0.322 e. The summed E-state index contributed by atoms with van der Waals surface area (Å²) in [7, 11) is 2.95. The third-order valence-electron chi connectivity index (χ3n) is 4.57. The van der Waals surface area contributed by atoms with Crippen LogP contribution in [0.3, 0.4) is 0 Å². The molecule has 4 rings (SSSR count). The highest BCUT2D eigenvalue weighted by molar-refractivity contribution is 6.04. The Labute approximate surface area is 162 Å². The van der Waals surface area contributed by atoms with Gasteiger partial charge < -0.3 is 10.6 Å². The molecule has 2 heterocycles. The Hall–Kier alpha value is -3.68. The Morgan fingerprint density at radius 2 is 0.929 bits per heavy atom. The first-order valence-electron chi connectivity index (χ1n) is 8.66. The molecular formula is C20H20N4O4. The highest BCUT2D eigenvalue weighted by atomic mass is 16.2. The molecule has 2 fully saturated rings. The minimum absolute atomic E-state index is 0.207. The van der Waals surface area contributed by atoms with Gasteiger partial charge in [-0.3, -0.25) is 19.4 Å². The van der Waals surface area contributed by atoms with Gasteiger partial charge in [0.1, 0.15) is 12.1 Å². The van der Waals surface area contributed by atoms with Gasteiger partial charge >= 0.3 is 12.1 Å². The highest BCUT2D eigenvalue weighted by Crippen LogP contribution is 2.20. The lowest BCUT2D eigenvalue weighted by Gasteiger charge is -2.07. The third kappa shape index (κ3) is 3.71. The van der Waals surface area contributed by atoms with Crippen molar-refractivity contribution >= 4 is 23.9 Å². The van der Waals surface area contributed by atoms with Crippen LogP contribution >= 0.6 is 0 Å².